The summed E-state index contributed by atoms with van der Waals surface area (Å²) >= 11 is 12.0. The monoisotopic (exact) mass is 320 g/mol. The summed E-state index contributed by atoms with van der Waals surface area (Å²) in [6, 6.07) is 12.8. The van der Waals surface area contributed by atoms with E-state index < -0.39 is 0 Å². The standard InChI is InChI=1S/C17H14Cl2O2/c18-15-9-8-14(16(19)11-15)12-21-17-7-2-1-5-13(17)6-3-4-10-20/h1-2,5,7-9,11,20H,4,10,12H2. The molecule has 0 fully saturated rings. The van der Waals surface area contributed by atoms with Crippen molar-refractivity contribution in [1.29, 1.82) is 0 Å². The molecule has 0 saturated carbocycles. The SMILES string of the molecule is OCCC#Cc1ccccc1OCc1ccc(Cl)cc1Cl. The maximum atomic E-state index is 8.76. The Bertz CT molecular complexity index is 672. The second kappa shape index (κ2) is 7.95. The quantitative estimate of drug-likeness (QED) is 0.851. The van der Waals surface area contributed by atoms with Crippen LogP contribution in [0.25, 0.3) is 0 Å². The van der Waals surface area contributed by atoms with Gasteiger partial charge < -0.3 is 9.84 Å². The summed E-state index contributed by atoms with van der Waals surface area (Å²) in [5.74, 6) is 6.56. The lowest BCUT2D eigenvalue weighted by atomic mass is 10.2. The number of hydrogen-bond donors (Lipinski definition) is 1. The van der Waals surface area contributed by atoms with E-state index in [1.165, 1.54) is 0 Å². The summed E-state index contributed by atoms with van der Waals surface area (Å²) < 4.78 is 5.78. The molecule has 0 bridgehead atoms. The molecule has 0 radical (unpaired) electrons. The van der Waals surface area contributed by atoms with Gasteiger partial charge in [0, 0.05) is 22.0 Å². The van der Waals surface area contributed by atoms with Gasteiger partial charge in [0.1, 0.15) is 12.4 Å². The summed E-state index contributed by atoms with van der Waals surface area (Å²) in [6.07, 6.45) is 0.442. The average molecular weight is 321 g/mol. The smallest absolute Gasteiger partial charge is 0.135 e. The highest BCUT2D eigenvalue weighted by Crippen LogP contribution is 2.24. The fourth-order valence-corrected chi connectivity index (χ4v) is 2.17. The van der Waals surface area contributed by atoms with Crippen molar-refractivity contribution >= 4 is 23.2 Å². The maximum Gasteiger partial charge on any atom is 0.135 e. The highest BCUT2D eigenvalue weighted by atomic mass is 35.5. The van der Waals surface area contributed by atoms with E-state index in [9.17, 15) is 0 Å². The largest absolute Gasteiger partial charge is 0.488 e. The Morgan fingerprint density at radius 1 is 1.10 bits per heavy atom. The zero-order valence-electron chi connectivity index (χ0n) is 11.3. The van der Waals surface area contributed by atoms with E-state index in [1.807, 2.05) is 30.3 Å². The van der Waals surface area contributed by atoms with Crippen molar-refractivity contribution in [1.82, 2.24) is 0 Å². The molecule has 0 heterocycles. The molecule has 2 nitrogen and oxygen atoms in total. The third kappa shape index (κ3) is 4.68. The predicted octanol–water partition coefficient (Wildman–Crippen LogP) is 4.31. The van der Waals surface area contributed by atoms with Crippen molar-refractivity contribution in [3.8, 4) is 17.6 Å². The first-order valence-corrected chi connectivity index (χ1v) is 7.22. The van der Waals surface area contributed by atoms with Crippen molar-refractivity contribution in [3.63, 3.8) is 0 Å². The van der Waals surface area contributed by atoms with Crippen LogP contribution in [0, 0.1) is 11.8 Å². The molecule has 0 aliphatic heterocycles. The molecular formula is C17H14Cl2O2. The second-order valence-corrected chi connectivity index (χ2v) is 5.14. The molecule has 0 amide bonds. The molecule has 108 valence electrons. The molecule has 0 aromatic heterocycles. The van der Waals surface area contributed by atoms with Crippen molar-refractivity contribution in [2.45, 2.75) is 13.0 Å². The van der Waals surface area contributed by atoms with Crippen LogP contribution < -0.4 is 4.74 Å². The van der Waals surface area contributed by atoms with E-state index in [4.69, 9.17) is 33.0 Å². The molecule has 0 unspecified atom stereocenters. The van der Waals surface area contributed by atoms with Gasteiger partial charge in [-0.1, -0.05) is 53.2 Å². The van der Waals surface area contributed by atoms with Gasteiger partial charge in [-0.3, -0.25) is 0 Å². The zero-order chi connectivity index (χ0) is 15.1. The van der Waals surface area contributed by atoms with Crippen LogP contribution in [-0.2, 0) is 6.61 Å². The minimum atomic E-state index is 0.0520. The molecule has 0 atom stereocenters. The summed E-state index contributed by atoms with van der Waals surface area (Å²) in [7, 11) is 0. The molecular weight excluding hydrogens is 307 g/mol. The number of benzene rings is 2. The molecule has 21 heavy (non-hydrogen) atoms. The molecule has 2 aromatic rings. The zero-order valence-corrected chi connectivity index (χ0v) is 12.8. The van der Waals surface area contributed by atoms with Crippen molar-refractivity contribution < 1.29 is 9.84 Å². The minimum absolute atomic E-state index is 0.0520. The van der Waals surface area contributed by atoms with Crippen molar-refractivity contribution in [2.75, 3.05) is 6.61 Å². The fourth-order valence-electron chi connectivity index (χ4n) is 1.70. The summed E-state index contributed by atoms with van der Waals surface area (Å²) in [4.78, 5) is 0. The Balaban J connectivity index is 2.11. The number of halogens is 2. The summed E-state index contributed by atoms with van der Waals surface area (Å²) in [6.45, 7) is 0.394. The number of para-hydroxylation sites is 1. The first kappa shape index (κ1) is 15.7. The Morgan fingerprint density at radius 2 is 1.90 bits per heavy atom. The van der Waals surface area contributed by atoms with Crippen LogP contribution in [0.3, 0.4) is 0 Å². The minimum Gasteiger partial charge on any atom is -0.488 e. The van der Waals surface area contributed by atoms with E-state index >= 15 is 0 Å². The van der Waals surface area contributed by atoms with E-state index in [-0.39, 0.29) is 6.61 Å². The van der Waals surface area contributed by atoms with Crippen molar-refractivity contribution in [2.24, 2.45) is 0 Å². The molecule has 0 saturated heterocycles. The van der Waals surface area contributed by atoms with Gasteiger partial charge in [-0.25, -0.2) is 0 Å². The highest BCUT2D eigenvalue weighted by Gasteiger charge is 2.04. The van der Waals surface area contributed by atoms with Gasteiger partial charge in [-0.15, -0.1) is 0 Å². The van der Waals surface area contributed by atoms with Gasteiger partial charge in [0.2, 0.25) is 0 Å². The van der Waals surface area contributed by atoms with E-state index in [0.717, 1.165) is 11.1 Å². The maximum absolute atomic E-state index is 8.76. The van der Waals surface area contributed by atoms with Crippen LogP contribution >= 0.6 is 23.2 Å². The number of aliphatic hydroxyl groups is 1. The molecule has 0 aliphatic carbocycles. The Morgan fingerprint density at radius 3 is 2.67 bits per heavy atom. The Labute approximate surface area is 134 Å². The van der Waals surface area contributed by atoms with E-state index in [2.05, 4.69) is 11.8 Å². The summed E-state index contributed by atoms with van der Waals surface area (Å²) in [5.41, 5.74) is 1.65. The van der Waals surface area contributed by atoms with Crippen LogP contribution in [0.15, 0.2) is 42.5 Å². The van der Waals surface area contributed by atoms with Crippen LogP contribution in [-0.4, -0.2) is 11.7 Å². The van der Waals surface area contributed by atoms with Gasteiger partial charge in [0.05, 0.1) is 12.2 Å². The molecule has 0 spiro atoms. The highest BCUT2D eigenvalue weighted by molar-refractivity contribution is 6.35. The normalized spacial score (nSPS) is 9.86. The molecule has 0 aliphatic rings. The fraction of sp³-hybridized carbons (Fsp3) is 0.176. The van der Waals surface area contributed by atoms with Crippen LogP contribution in [0.2, 0.25) is 10.0 Å². The topological polar surface area (TPSA) is 29.5 Å². The van der Waals surface area contributed by atoms with Gasteiger partial charge >= 0.3 is 0 Å². The summed E-state index contributed by atoms with van der Waals surface area (Å²) in [5, 5.41) is 9.93. The average Bonchev–Trinajstić information content (AvgIpc) is 2.48. The van der Waals surface area contributed by atoms with Crippen LogP contribution in [0.1, 0.15) is 17.5 Å². The lowest BCUT2D eigenvalue weighted by molar-refractivity contribution is 0.304. The second-order valence-electron chi connectivity index (χ2n) is 4.30. The third-order valence-corrected chi connectivity index (χ3v) is 3.33. The van der Waals surface area contributed by atoms with Crippen molar-refractivity contribution in [3.05, 3.63) is 63.6 Å². The lowest BCUT2D eigenvalue weighted by Gasteiger charge is -2.09. The number of ether oxygens (including phenoxy) is 1. The van der Waals surface area contributed by atoms with Gasteiger partial charge in [0.15, 0.2) is 0 Å². The lowest BCUT2D eigenvalue weighted by Crippen LogP contribution is -1.98. The molecule has 4 heteroatoms. The number of hydrogen-bond acceptors (Lipinski definition) is 2. The molecule has 2 aromatic carbocycles. The van der Waals surface area contributed by atoms with Gasteiger partial charge in [-0.05, 0) is 24.3 Å². The molecule has 2 rings (SSSR count). The van der Waals surface area contributed by atoms with E-state index in [1.54, 1.807) is 12.1 Å². The van der Waals surface area contributed by atoms with Crippen LogP contribution in [0.4, 0.5) is 0 Å². The first-order valence-electron chi connectivity index (χ1n) is 6.46. The Kier molecular flexibility index (Phi) is 5.95. The van der Waals surface area contributed by atoms with E-state index in [0.29, 0.717) is 28.8 Å². The van der Waals surface area contributed by atoms with Gasteiger partial charge in [-0.2, -0.15) is 0 Å². The first-order chi connectivity index (χ1) is 10.2. The van der Waals surface area contributed by atoms with Gasteiger partial charge in [0.25, 0.3) is 0 Å². The molecule has 1 N–H and O–H groups in total. The predicted molar refractivity (Wildman–Crippen MR) is 85.8 cm³/mol. The third-order valence-electron chi connectivity index (χ3n) is 2.75. The van der Waals surface area contributed by atoms with Crippen LogP contribution in [0.5, 0.6) is 5.75 Å². The number of rotatable bonds is 4. The number of aliphatic hydroxyl groups excluding tert-OH is 1. The Hall–Kier alpha value is -1.66.